The summed E-state index contributed by atoms with van der Waals surface area (Å²) >= 11 is 5.69. The molecule has 1 rings (SSSR count). The number of amides is 2. The Morgan fingerprint density at radius 1 is 1.18 bits per heavy atom. The van der Waals surface area contributed by atoms with Crippen molar-refractivity contribution >= 4 is 23.6 Å². The van der Waals surface area contributed by atoms with Crippen molar-refractivity contribution in [1.29, 1.82) is 0 Å². The van der Waals surface area contributed by atoms with Crippen LogP contribution in [-0.2, 0) is 4.74 Å². The van der Waals surface area contributed by atoms with E-state index in [-0.39, 0.29) is 0 Å². The van der Waals surface area contributed by atoms with Gasteiger partial charge in [-0.05, 0) is 45.0 Å². The zero-order valence-corrected chi connectivity index (χ0v) is 10.7. The first-order chi connectivity index (χ1) is 7.78. The third kappa shape index (κ3) is 4.87. The van der Waals surface area contributed by atoms with Gasteiger partial charge in [-0.15, -0.1) is 0 Å². The number of hydrogen-bond donors (Lipinski definition) is 1. The molecular formula is C12H14ClNO3. The third-order valence-corrected chi connectivity index (χ3v) is 1.97. The Morgan fingerprint density at radius 2 is 1.71 bits per heavy atom. The van der Waals surface area contributed by atoms with Gasteiger partial charge in [-0.3, -0.25) is 10.1 Å². The molecule has 4 nitrogen and oxygen atoms in total. The van der Waals surface area contributed by atoms with E-state index in [0.29, 0.717) is 10.6 Å². The summed E-state index contributed by atoms with van der Waals surface area (Å²) in [4.78, 5) is 22.9. The standard InChI is InChI=1S/C12H14ClNO3/c1-12(2,3)17-11(16)14-10(15)8-4-6-9(13)7-5-8/h4-7H,1-3H3,(H,14,15,16). The molecule has 1 N–H and O–H groups in total. The Bertz CT molecular complexity index is 420. The lowest BCUT2D eigenvalue weighted by Crippen LogP contribution is -2.36. The van der Waals surface area contributed by atoms with Crippen LogP contribution in [0, 0.1) is 0 Å². The van der Waals surface area contributed by atoms with Crippen molar-refractivity contribution in [3.8, 4) is 0 Å². The highest BCUT2D eigenvalue weighted by atomic mass is 35.5. The van der Waals surface area contributed by atoms with E-state index >= 15 is 0 Å². The summed E-state index contributed by atoms with van der Waals surface area (Å²) in [6.45, 7) is 5.16. The number of benzene rings is 1. The molecule has 2 amide bonds. The summed E-state index contributed by atoms with van der Waals surface area (Å²) in [6.07, 6.45) is -0.766. The molecule has 0 aliphatic rings. The number of carbonyl (C=O) groups is 2. The molecule has 0 saturated carbocycles. The van der Waals surface area contributed by atoms with Crippen molar-refractivity contribution in [2.45, 2.75) is 26.4 Å². The van der Waals surface area contributed by atoms with Gasteiger partial charge in [0.05, 0.1) is 0 Å². The minimum absolute atomic E-state index is 0.347. The Morgan fingerprint density at radius 3 is 2.18 bits per heavy atom. The fourth-order valence-corrected chi connectivity index (χ4v) is 1.20. The molecule has 1 aromatic rings. The first-order valence-electron chi connectivity index (χ1n) is 5.08. The molecule has 0 aromatic heterocycles. The quantitative estimate of drug-likeness (QED) is 0.839. The van der Waals surface area contributed by atoms with E-state index in [0.717, 1.165) is 0 Å². The van der Waals surface area contributed by atoms with E-state index in [2.05, 4.69) is 5.32 Å². The van der Waals surface area contributed by atoms with E-state index in [9.17, 15) is 9.59 Å². The fraction of sp³-hybridized carbons (Fsp3) is 0.333. The molecule has 0 unspecified atom stereocenters. The lowest BCUT2D eigenvalue weighted by molar-refractivity contribution is 0.0508. The smallest absolute Gasteiger partial charge is 0.414 e. The maximum atomic E-state index is 11.6. The lowest BCUT2D eigenvalue weighted by atomic mass is 10.2. The van der Waals surface area contributed by atoms with Crippen LogP contribution in [0.5, 0.6) is 0 Å². The topological polar surface area (TPSA) is 55.4 Å². The van der Waals surface area contributed by atoms with Gasteiger partial charge in [-0.2, -0.15) is 0 Å². The summed E-state index contributed by atoms with van der Waals surface area (Å²) in [7, 11) is 0. The summed E-state index contributed by atoms with van der Waals surface area (Å²) in [5.74, 6) is -0.518. The maximum absolute atomic E-state index is 11.6. The Kier molecular flexibility index (Phi) is 4.12. The number of hydrogen-bond acceptors (Lipinski definition) is 3. The zero-order chi connectivity index (χ0) is 13.1. The summed E-state index contributed by atoms with van der Waals surface area (Å²) in [6, 6.07) is 6.21. The van der Waals surface area contributed by atoms with Gasteiger partial charge in [-0.1, -0.05) is 11.6 Å². The van der Waals surface area contributed by atoms with Crippen LogP contribution < -0.4 is 5.32 Å². The van der Waals surface area contributed by atoms with E-state index in [1.54, 1.807) is 32.9 Å². The van der Waals surface area contributed by atoms with Crippen molar-refractivity contribution in [2.75, 3.05) is 0 Å². The van der Waals surface area contributed by atoms with Gasteiger partial charge in [0.25, 0.3) is 5.91 Å². The van der Waals surface area contributed by atoms with Crippen LogP contribution in [0.4, 0.5) is 4.79 Å². The summed E-state index contributed by atoms with van der Waals surface area (Å²) in [5.41, 5.74) is -0.287. The molecule has 0 heterocycles. The largest absolute Gasteiger partial charge is 0.444 e. The lowest BCUT2D eigenvalue weighted by Gasteiger charge is -2.19. The van der Waals surface area contributed by atoms with E-state index in [4.69, 9.17) is 16.3 Å². The van der Waals surface area contributed by atoms with Crippen molar-refractivity contribution in [3.05, 3.63) is 34.9 Å². The number of halogens is 1. The number of imide groups is 1. The molecule has 5 heteroatoms. The molecule has 0 aliphatic carbocycles. The van der Waals surface area contributed by atoms with Crippen LogP contribution in [0.15, 0.2) is 24.3 Å². The van der Waals surface area contributed by atoms with Gasteiger partial charge >= 0.3 is 6.09 Å². The minimum Gasteiger partial charge on any atom is -0.444 e. The van der Waals surface area contributed by atoms with Crippen LogP contribution in [0.3, 0.4) is 0 Å². The Labute approximate surface area is 105 Å². The van der Waals surface area contributed by atoms with Crippen LogP contribution in [-0.4, -0.2) is 17.6 Å². The van der Waals surface area contributed by atoms with E-state index in [1.165, 1.54) is 12.1 Å². The first kappa shape index (κ1) is 13.5. The second-order valence-corrected chi connectivity index (χ2v) is 4.90. The molecule has 0 bridgehead atoms. The second kappa shape index (κ2) is 5.19. The number of carbonyl (C=O) groups excluding carboxylic acids is 2. The second-order valence-electron chi connectivity index (χ2n) is 4.46. The van der Waals surface area contributed by atoms with Crippen LogP contribution in [0.2, 0.25) is 5.02 Å². The average Bonchev–Trinajstić information content (AvgIpc) is 2.15. The maximum Gasteiger partial charge on any atom is 0.414 e. The third-order valence-electron chi connectivity index (χ3n) is 1.72. The van der Waals surface area contributed by atoms with Crippen molar-refractivity contribution in [3.63, 3.8) is 0 Å². The minimum atomic E-state index is -0.766. The van der Waals surface area contributed by atoms with Crippen LogP contribution in [0.25, 0.3) is 0 Å². The van der Waals surface area contributed by atoms with Gasteiger partial charge in [0, 0.05) is 10.6 Å². The normalized spacial score (nSPS) is 10.8. The van der Waals surface area contributed by atoms with Crippen molar-refractivity contribution in [2.24, 2.45) is 0 Å². The zero-order valence-electron chi connectivity index (χ0n) is 9.91. The number of alkyl carbamates (subject to hydrolysis) is 1. The van der Waals surface area contributed by atoms with Gasteiger partial charge < -0.3 is 4.74 Å². The first-order valence-corrected chi connectivity index (χ1v) is 5.45. The molecule has 0 saturated heterocycles. The summed E-state index contributed by atoms with van der Waals surface area (Å²) < 4.78 is 4.96. The Hall–Kier alpha value is -1.55. The van der Waals surface area contributed by atoms with Crippen molar-refractivity contribution < 1.29 is 14.3 Å². The highest BCUT2D eigenvalue weighted by molar-refractivity contribution is 6.30. The highest BCUT2D eigenvalue weighted by Crippen LogP contribution is 2.10. The van der Waals surface area contributed by atoms with Crippen LogP contribution >= 0.6 is 11.6 Å². The molecular weight excluding hydrogens is 242 g/mol. The highest BCUT2D eigenvalue weighted by Gasteiger charge is 2.18. The average molecular weight is 256 g/mol. The monoisotopic (exact) mass is 255 g/mol. The van der Waals surface area contributed by atoms with Gasteiger partial charge in [0.15, 0.2) is 0 Å². The number of ether oxygens (including phenoxy) is 1. The van der Waals surface area contributed by atoms with Crippen molar-refractivity contribution in [1.82, 2.24) is 5.32 Å². The molecule has 0 spiro atoms. The molecule has 0 radical (unpaired) electrons. The molecule has 0 fully saturated rings. The van der Waals surface area contributed by atoms with Gasteiger partial charge in [-0.25, -0.2) is 4.79 Å². The van der Waals surface area contributed by atoms with Gasteiger partial charge in [0.1, 0.15) is 5.60 Å². The SMILES string of the molecule is CC(C)(C)OC(=O)NC(=O)c1ccc(Cl)cc1. The molecule has 0 atom stereocenters. The predicted molar refractivity (Wildman–Crippen MR) is 65.2 cm³/mol. The van der Waals surface area contributed by atoms with E-state index < -0.39 is 17.6 Å². The summed E-state index contributed by atoms with van der Waals surface area (Å²) in [5, 5.41) is 2.66. The number of rotatable bonds is 1. The fourth-order valence-electron chi connectivity index (χ4n) is 1.07. The molecule has 17 heavy (non-hydrogen) atoms. The molecule has 1 aromatic carbocycles. The predicted octanol–water partition coefficient (Wildman–Crippen LogP) is 3.00. The Balaban J connectivity index is 2.61. The van der Waals surface area contributed by atoms with Gasteiger partial charge in [0.2, 0.25) is 0 Å². The van der Waals surface area contributed by atoms with E-state index in [1.807, 2.05) is 0 Å². The molecule has 0 aliphatic heterocycles. The van der Waals surface area contributed by atoms with Crippen LogP contribution in [0.1, 0.15) is 31.1 Å². The number of nitrogens with one attached hydrogen (secondary N) is 1. The molecule has 92 valence electrons.